The van der Waals surface area contributed by atoms with Crippen molar-refractivity contribution >= 4 is 0 Å². The molecule has 0 amide bonds. The van der Waals surface area contributed by atoms with Crippen molar-refractivity contribution in [1.82, 2.24) is 0 Å². The van der Waals surface area contributed by atoms with Gasteiger partial charge in [0.05, 0.1) is 6.61 Å². The highest BCUT2D eigenvalue weighted by molar-refractivity contribution is 5.39. The highest BCUT2D eigenvalue weighted by Gasteiger charge is 2.07. The zero-order valence-electron chi connectivity index (χ0n) is 5.63. The fourth-order valence-corrected chi connectivity index (χ4v) is 1.09. The van der Waals surface area contributed by atoms with Crippen LogP contribution >= 0.6 is 0 Å². The third-order valence-corrected chi connectivity index (χ3v) is 1.56. The Morgan fingerprint density at radius 2 is 2.20 bits per heavy atom. The van der Waals surface area contributed by atoms with Crippen LogP contribution in [0.4, 0.5) is 0 Å². The number of benzene rings is 1. The maximum atomic E-state index is 5.36. The number of hydrogen-bond acceptors (Lipinski definition) is 1. The normalized spacial score (nSPS) is 15.6. The standard InChI is InChI=1S/C9H8O/c1-2-6-9-8(4-1)5-3-7-10-9/h1-2,4,6H,3,7H2. The minimum absolute atomic E-state index is 0.775. The molecule has 0 aromatic heterocycles. The fraction of sp³-hybridized carbons (Fsp3) is 0.222. The van der Waals surface area contributed by atoms with Crippen molar-refractivity contribution in [3.05, 3.63) is 36.2 Å². The minimum Gasteiger partial charge on any atom is -0.493 e. The van der Waals surface area contributed by atoms with Gasteiger partial charge in [-0.2, -0.15) is 0 Å². The first-order valence-corrected chi connectivity index (χ1v) is 3.42. The van der Waals surface area contributed by atoms with Crippen LogP contribution in [0.25, 0.3) is 0 Å². The van der Waals surface area contributed by atoms with Gasteiger partial charge in [-0.05, 0) is 12.5 Å². The summed E-state index contributed by atoms with van der Waals surface area (Å²) in [5.74, 6) is 0.966. The van der Waals surface area contributed by atoms with Gasteiger partial charge in [0.15, 0.2) is 0 Å². The Bertz CT molecular complexity index is 205. The molecule has 0 unspecified atom stereocenters. The molecule has 0 atom stereocenters. The van der Waals surface area contributed by atoms with E-state index in [1.807, 2.05) is 24.3 Å². The number of ether oxygens (including phenoxy) is 1. The lowest BCUT2D eigenvalue weighted by Gasteiger charge is -2.15. The highest BCUT2D eigenvalue weighted by Crippen LogP contribution is 2.24. The summed E-state index contributed by atoms with van der Waals surface area (Å²) in [6.45, 7) is 0.775. The Morgan fingerprint density at radius 1 is 1.30 bits per heavy atom. The Hall–Kier alpha value is -0.980. The number of hydrogen-bond donors (Lipinski definition) is 0. The predicted molar refractivity (Wildman–Crippen MR) is 38.9 cm³/mol. The van der Waals surface area contributed by atoms with Gasteiger partial charge in [0, 0.05) is 12.0 Å². The van der Waals surface area contributed by atoms with Gasteiger partial charge in [-0.25, -0.2) is 0 Å². The average Bonchev–Trinajstić information content (AvgIpc) is 2.05. The second-order valence-electron chi connectivity index (χ2n) is 2.27. The van der Waals surface area contributed by atoms with E-state index in [0.29, 0.717) is 0 Å². The fourth-order valence-electron chi connectivity index (χ4n) is 1.09. The van der Waals surface area contributed by atoms with Crippen molar-refractivity contribution in [2.24, 2.45) is 0 Å². The monoisotopic (exact) mass is 132 g/mol. The lowest BCUT2D eigenvalue weighted by Crippen LogP contribution is -2.05. The van der Waals surface area contributed by atoms with Crippen LogP contribution in [0.5, 0.6) is 5.75 Å². The molecule has 0 saturated heterocycles. The van der Waals surface area contributed by atoms with Crippen LogP contribution in [0.15, 0.2) is 24.3 Å². The number of para-hydroxylation sites is 1. The van der Waals surface area contributed by atoms with E-state index < -0.39 is 0 Å². The smallest absolute Gasteiger partial charge is 0.123 e. The predicted octanol–water partition coefficient (Wildman–Crippen LogP) is 1.90. The van der Waals surface area contributed by atoms with Gasteiger partial charge in [-0.15, -0.1) is 0 Å². The molecule has 0 fully saturated rings. The second-order valence-corrected chi connectivity index (χ2v) is 2.27. The zero-order valence-corrected chi connectivity index (χ0v) is 5.63. The van der Waals surface area contributed by atoms with E-state index in [-0.39, 0.29) is 0 Å². The topological polar surface area (TPSA) is 9.23 Å². The molecule has 1 aromatic rings. The summed E-state index contributed by atoms with van der Waals surface area (Å²) in [4.78, 5) is 0. The van der Waals surface area contributed by atoms with Gasteiger partial charge < -0.3 is 4.74 Å². The van der Waals surface area contributed by atoms with E-state index in [0.717, 1.165) is 24.3 Å². The van der Waals surface area contributed by atoms with E-state index in [1.165, 1.54) is 0 Å². The van der Waals surface area contributed by atoms with Gasteiger partial charge >= 0.3 is 0 Å². The van der Waals surface area contributed by atoms with Crippen LogP contribution in [0.3, 0.4) is 0 Å². The Kier molecular flexibility index (Phi) is 1.35. The van der Waals surface area contributed by atoms with Crippen molar-refractivity contribution in [3.8, 4) is 5.75 Å². The Balaban J connectivity index is 2.41. The van der Waals surface area contributed by atoms with Crippen LogP contribution in [-0.2, 0) is 0 Å². The summed E-state index contributed by atoms with van der Waals surface area (Å²) < 4.78 is 5.36. The van der Waals surface area contributed by atoms with E-state index in [1.54, 1.807) is 0 Å². The molecule has 10 heavy (non-hydrogen) atoms. The first-order valence-electron chi connectivity index (χ1n) is 3.42. The summed E-state index contributed by atoms with van der Waals surface area (Å²) in [5, 5.41) is 0. The summed E-state index contributed by atoms with van der Waals surface area (Å²) >= 11 is 0. The zero-order chi connectivity index (χ0) is 6.81. The van der Waals surface area contributed by atoms with Crippen LogP contribution in [0.1, 0.15) is 12.0 Å². The lowest BCUT2D eigenvalue weighted by molar-refractivity contribution is 0.306. The van der Waals surface area contributed by atoms with E-state index in [9.17, 15) is 0 Å². The summed E-state index contributed by atoms with van der Waals surface area (Å²) in [5.41, 5.74) is 1.11. The van der Waals surface area contributed by atoms with Gasteiger partial charge in [0.25, 0.3) is 0 Å². The van der Waals surface area contributed by atoms with Crippen molar-refractivity contribution in [3.63, 3.8) is 0 Å². The average molecular weight is 132 g/mol. The highest BCUT2D eigenvalue weighted by atomic mass is 16.5. The molecule has 0 bridgehead atoms. The molecule has 1 aromatic carbocycles. The van der Waals surface area contributed by atoms with E-state index >= 15 is 0 Å². The first kappa shape index (κ1) is 5.78. The van der Waals surface area contributed by atoms with E-state index in [2.05, 4.69) is 6.42 Å². The van der Waals surface area contributed by atoms with Crippen LogP contribution in [0.2, 0.25) is 0 Å². The molecular weight excluding hydrogens is 124 g/mol. The molecule has 1 heteroatoms. The van der Waals surface area contributed by atoms with Gasteiger partial charge in [0.1, 0.15) is 5.75 Å². The Morgan fingerprint density at radius 3 is 3.10 bits per heavy atom. The van der Waals surface area contributed by atoms with Crippen molar-refractivity contribution < 1.29 is 4.74 Å². The van der Waals surface area contributed by atoms with Crippen LogP contribution in [-0.4, -0.2) is 6.61 Å². The molecule has 1 aliphatic heterocycles. The summed E-state index contributed by atoms with van der Waals surface area (Å²) in [6.07, 6.45) is 4.15. The second kappa shape index (κ2) is 2.33. The summed E-state index contributed by atoms with van der Waals surface area (Å²) in [6, 6.07) is 7.97. The molecule has 1 heterocycles. The molecule has 0 spiro atoms. The molecule has 0 N–H and O–H groups in total. The molecule has 50 valence electrons. The molecule has 1 nitrogen and oxygen atoms in total. The van der Waals surface area contributed by atoms with Gasteiger partial charge in [-0.1, -0.05) is 18.2 Å². The van der Waals surface area contributed by atoms with Crippen LogP contribution in [0, 0.1) is 6.42 Å². The van der Waals surface area contributed by atoms with Crippen molar-refractivity contribution in [2.45, 2.75) is 6.42 Å². The first-order chi connectivity index (χ1) is 4.97. The van der Waals surface area contributed by atoms with Gasteiger partial charge in [0.2, 0.25) is 0 Å². The molecule has 1 aliphatic rings. The minimum atomic E-state index is 0.775. The maximum absolute atomic E-state index is 5.36. The summed E-state index contributed by atoms with van der Waals surface area (Å²) in [7, 11) is 0. The van der Waals surface area contributed by atoms with Gasteiger partial charge in [-0.3, -0.25) is 0 Å². The largest absolute Gasteiger partial charge is 0.493 e. The quantitative estimate of drug-likeness (QED) is 0.524. The molecule has 0 saturated carbocycles. The molecular formula is C9H8O. The molecule has 0 aliphatic carbocycles. The number of rotatable bonds is 0. The molecule has 2 radical (unpaired) electrons. The number of fused-ring (bicyclic) bond motifs is 1. The Labute approximate surface area is 60.6 Å². The molecule has 2 rings (SSSR count). The third-order valence-electron chi connectivity index (χ3n) is 1.56. The SMILES string of the molecule is [C]1CCOc2ccccc21. The van der Waals surface area contributed by atoms with Crippen molar-refractivity contribution in [2.75, 3.05) is 6.61 Å². The third kappa shape index (κ3) is 0.878. The van der Waals surface area contributed by atoms with E-state index in [4.69, 9.17) is 4.74 Å². The lowest BCUT2D eigenvalue weighted by atomic mass is 10.1. The van der Waals surface area contributed by atoms with Crippen LogP contribution < -0.4 is 4.74 Å². The maximum Gasteiger partial charge on any atom is 0.123 e. The van der Waals surface area contributed by atoms with Crippen molar-refractivity contribution in [1.29, 1.82) is 0 Å².